The quantitative estimate of drug-likeness (QED) is 0.304. The highest BCUT2D eigenvalue weighted by Gasteiger charge is 2.46. The highest BCUT2D eigenvalue weighted by Crippen LogP contribution is 2.42. The lowest BCUT2D eigenvalue weighted by atomic mass is 9.94. The molecule has 1 aliphatic heterocycles. The molecule has 1 unspecified atom stereocenters. The maximum absolute atomic E-state index is 13.2. The zero-order valence-corrected chi connectivity index (χ0v) is 19.0. The van der Waals surface area contributed by atoms with Gasteiger partial charge in [-0.25, -0.2) is 0 Å². The summed E-state index contributed by atoms with van der Waals surface area (Å²) in [5.41, 5.74) is 3.04. The Hall–Kier alpha value is -3.86. The number of carbonyl (C=O) groups excluding carboxylic acids is 2. The number of Topliss-reactive ketones (excluding diaryl/α,β-unsaturated/α-hetero) is 1. The van der Waals surface area contributed by atoms with Gasteiger partial charge in [0, 0.05) is 11.3 Å². The summed E-state index contributed by atoms with van der Waals surface area (Å²) in [4.78, 5) is 27.8. The lowest BCUT2D eigenvalue weighted by Crippen LogP contribution is -2.29. The number of aryl methyl sites for hydroxylation is 1. The Morgan fingerprint density at radius 3 is 2.15 bits per heavy atom. The van der Waals surface area contributed by atoms with E-state index in [1.807, 2.05) is 56.3 Å². The number of para-hydroxylation sites is 1. The molecule has 1 aliphatic rings. The number of ether oxygens (including phenoxy) is 1. The summed E-state index contributed by atoms with van der Waals surface area (Å²) in [6.45, 7) is 5.93. The SMILES string of the molecule is CCc1ccc(C2/C(=C(/O)c3ccc(OC(C)C)cc3)C(=O)C(=O)N2c2ccccc2)cc1. The highest BCUT2D eigenvalue weighted by atomic mass is 16.5. The van der Waals surface area contributed by atoms with Crippen LogP contribution in [0.3, 0.4) is 0 Å². The number of benzene rings is 3. The van der Waals surface area contributed by atoms with Gasteiger partial charge in [-0.2, -0.15) is 0 Å². The number of hydrogen-bond acceptors (Lipinski definition) is 4. The van der Waals surface area contributed by atoms with Crippen molar-refractivity contribution < 1.29 is 19.4 Å². The average Bonchev–Trinajstić information content (AvgIpc) is 3.10. The molecule has 0 saturated carbocycles. The molecule has 1 fully saturated rings. The molecule has 1 N–H and O–H groups in total. The number of aliphatic hydroxyl groups is 1. The van der Waals surface area contributed by atoms with Crippen molar-refractivity contribution in [2.45, 2.75) is 39.3 Å². The van der Waals surface area contributed by atoms with Gasteiger partial charge in [0.15, 0.2) is 0 Å². The van der Waals surface area contributed by atoms with Crippen LogP contribution in [0, 0.1) is 0 Å². The molecule has 33 heavy (non-hydrogen) atoms. The van der Waals surface area contributed by atoms with E-state index in [2.05, 4.69) is 6.92 Å². The number of anilines is 1. The Kier molecular flexibility index (Phi) is 6.31. The van der Waals surface area contributed by atoms with Crippen LogP contribution in [0.15, 0.2) is 84.4 Å². The van der Waals surface area contributed by atoms with Crippen LogP contribution in [-0.4, -0.2) is 22.9 Å². The van der Waals surface area contributed by atoms with Gasteiger partial charge in [0.1, 0.15) is 11.5 Å². The number of amides is 1. The van der Waals surface area contributed by atoms with Gasteiger partial charge in [-0.3, -0.25) is 14.5 Å². The standard InChI is InChI=1S/C28H27NO4/c1-4-19-10-12-20(13-11-19)25-24(26(30)21-14-16-23(17-15-21)33-18(2)3)27(31)28(32)29(25)22-8-6-5-7-9-22/h5-18,25,30H,4H2,1-3H3/b26-24-. The maximum Gasteiger partial charge on any atom is 0.300 e. The van der Waals surface area contributed by atoms with Crippen LogP contribution in [0.25, 0.3) is 5.76 Å². The van der Waals surface area contributed by atoms with Gasteiger partial charge in [-0.05, 0) is 67.8 Å². The molecule has 0 radical (unpaired) electrons. The number of carbonyl (C=O) groups is 2. The predicted octanol–water partition coefficient (Wildman–Crippen LogP) is 5.66. The minimum atomic E-state index is -0.732. The summed E-state index contributed by atoms with van der Waals surface area (Å²) in [5, 5.41) is 11.2. The highest BCUT2D eigenvalue weighted by molar-refractivity contribution is 6.51. The van der Waals surface area contributed by atoms with Crippen molar-refractivity contribution in [3.05, 3.63) is 101 Å². The van der Waals surface area contributed by atoms with Crippen molar-refractivity contribution in [2.75, 3.05) is 4.90 Å². The van der Waals surface area contributed by atoms with Crippen LogP contribution >= 0.6 is 0 Å². The van der Waals surface area contributed by atoms with Gasteiger partial charge in [0.2, 0.25) is 0 Å². The van der Waals surface area contributed by atoms with Crippen molar-refractivity contribution in [1.82, 2.24) is 0 Å². The fourth-order valence-corrected chi connectivity index (χ4v) is 4.06. The molecule has 168 valence electrons. The molecule has 5 nitrogen and oxygen atoms in total. The lowest BCUT2D eigenvalue weighted by Gasteiger charge is -2.25. The average molecular weight is 442 g/mol. The Balaban J connectivity index is 1.85. The van der Waals surface area contributed by atoms with Crippen LogP contribution in [0.2, 0.25) is 0 Å². The minimum absolute atomic E-state index is 0.0201. The van der Waals surface area contributed by atoms with E-state index >= 15 is 0 Å². The number of hydrogen-bond donors (Lipinski definition) is 1. The van der Waals surface area contributed by atoms with Crippen molar-refractivity contribution in [1.29, 1.82) is 0 Å². The molecule has 0 bridgehead atoms. The van der Waals surface area contributed by atoms with Gasteiger partial charge in [-0.1, -0.05) is 49.4 Å². The van der Waals surface area contributed by atoms with Crippen molar-refractivity contribution in [3.8, 4) is 5.75 Å². The number of nitrogens with zero attached hydrogens (tertiary/aromatic N) is 1. The largest absolute Gasteiger partial charge is 0.507 e. The molecule has 0 aromatic heterocycles. The fraction of sp³-hybridized carbons (Fsp3) is 0.214. The molecule has 1 atom stereocenters. The van der Waals surface area contributed by atoms with Crippen LogP contribution in [-0.2, 0) is 16.0 Å². The third-order valence-electron chi connectivity index (χ3n) is 5.68. The molecule has 3 aromatic carbocycles. The van der Waals surface area contributed by atoms with Crippen LogP contribution in [0.1, 0.15) is 43.5 Å². The third-order valence-corrected chi connectivity index (χ3v) is 5.68. The first kappa shape index (κ1) is 22.3. The first-order chi connectivity index (χ1) is 15.9. The van der Waals surface area contributed by atoms with E-state index in [1.54, 1.807) is 36.4 Å². The topological polar surface area (TPSA) is 66.8 Å². The summed E-state index contributed by atoms with van der Waals surface area (Å²) in [5.74, 6) is -0.902. The number of aliphatic hydroxyl groups excluding tert-OH is 1. The van der Waals surface area contributed by atoms with Gasteiger partial charge in [-0.15, -0.1) is 0 Å². The molecule has 1 amide bonds. The second kappa shape index (κ2) is 9.33. The lowest BCUT2D eigenvalue weighted by molar-refractivity contribution is -0.132. The second-order valence-corrected chi connectivity index (χ2v) is 8.29. The van der Waals surface area contributed by atoms with Gasteiger partial charge in [0.25, 0.3) is 11.7 Å². The van der Waals surface area contributed by atoms with Crippen molar-refractivity contribution in [2.24, 2.45) is 0 Å². The Morgan fingerprint density at radius 2 is 1.58 bits per heavy atom. The van der Waals surface area contributed by atoms with Crippen molar-refractivity contribution in [3.63, 3.8) is 0 Å². The van der Waals surface area contributed by atoms with E-state index in [0.717, 1.165) is 17.5 Å². The van der Waals surface area contributed by atoms with E-state index in [0.29, 0.717) is 17.0 Å². The molecule has 3 aromatic rings. The van der Waals surface area contributed by atoms with E-state index in [1.165, 1.54) is 4.90 Å². The molecule has 5 heteroatoms. The second-order valence-electron chi connectivity index (χ2n) is 8.29. The molecule has 1 saturated heterocycles. The molecule has 0 aliphatic carbocycles. The summed E-state index contributed by atoms with van der Waals surface area (Å²) in [7, 11) is 0. The Morgan fingerprint density at radius 1 is 0.939 bits per heavy atom. The van der Waals surface area contributed by atoms with Gasteiger partial charge < -0.3 is 9.84 Å². The number of rotatable bonds is 6. The number of ketones is 1. The fourth-order valence-electron chi connectivity index (χ4n) is 4.06. The molecular formula is C28H27NO4. The van der Waals surface area contributed by atoms with Crippen molar-refractivity contribution >= 4 is 23.1 Å². The zero-order valence-electron chi connectivity index (χ0n) is 19.0. The van der Waals surface area contributed by atoms with Gasteiger partial charge >= 0.3 is 0 Å². The van der Waals surface area contributed by atoms with Gasteiger partial charge in [0.05, 0.1) is 17.7 Å². The van der Waals surface area contributed by atoms with E-state index in [-0.39, 0.29) is 17.4 Å². The molecule has 0 spiro atoms. The Labute approximate surface area is 193 Å². The van der Waals surface area contributed by atoms with Crippen LogP contribution in [0.5, 0.6) is 5.75 Å². The van der Waals surface area contributed by atoms with Crippen LogP contribution < -0.4 is 9.64 Å². The third kappa shape index (κ3) is 4.40. The van der Waals surface area contributed by atoms with E-state index in [9.17, 15) is 14.7 Å². The first-order valence-electron chi connectivity index (χ1n) is 11.1. The van der Waals surface area contributed by atoms with E-state index in [4.69, 9.17) is 4.74 Å². The summed E-state index contributed by atoms with van der Waals surface area (Å²) >= 11 is 0. The molecule has 4 rings (SSSR count). The van der Waals surface area contributed by atoms with E-state index < -0.39 is 17.7 Å². The smallest absolute Gasteiger partial charge is 0.300 e. The molecule has 1 heterocycles. The molecular weight excluding hydrogens is 414 g/mol. The maximum atomic E-state index is 13.2. The summed E-state index contributed by atoms with van der Waals surface area (Å²) < 4.78 is 5.67. The minimum Gasteiger partial charge on any atom is -0.507 e. The predicted molar refractivity (Wildman–Crippen MR) is 129 cm³/mol. The first-order valence-corrected chi connectivity index (χ1v) is 11.1. The monoisotopic (exact) mass is 441 g/mol. The Bertz CT molecular complexity index is 1180. The van der Waals surface area contributed by atoms with Crippen LogP contribution in [0.4, 0.5) is 5.69 Å². The zero-order chi connectivity index (χ0) is 23.5. The summed E-state index contributed by atoms with van der Waals surface area (Å²) in [6.07, 6.45) is 0.899. The normalized spacial score (nSPS) is 17.6. The summed E-state index contributed by atoms with van der Waals surface area (Å²) in [6, 6.07) is 23.0.